The lowest BCUT2D eigenvalue weighted by Gasteiger charge is -2.27. The molecule has 11 aromatic rings. The third-order valence-corrected chi connectivity index (χ3v) is 12.5. The maximum atomic E-state index is 2.37. The number of anilines is 6. The van der Waals surface area contributed by atoms with Gasteiger partial charge in [0.05, 0.1) is 5.69 Å². The van der Waals surface area contributed by atoms with Crippen molar-refractivity contribution in [3.05, 3.63) is 279 Å². The summed E-state index contributed by atoms with van der Waals surface area (Å²) in [5, 5.41) is 2.42. The lowest BCUT2D eigenvalue weighted by Crippen LogP contribution is -2.10. The Morgan fingerprint density at radius 2 is 0.409 bits per heavy atom. The van der Waals surface area contributed by atoms with E-state index in [0.717, 1.165) is 45.3 Å². The SMILES string of the molecule is c1ccc(-c2ccc(-c3ccc(N(c4ccc(-c5ccccc5)cc4)c4ccc(-c5ccc(N(c6ccc(-c7ccccc7)cc6)c6cccc7ccccc67)cc5)cc4)cc3)cc2)cc1. The third-order valence-electron chi connectivity index (χ3n) is 12.5. The van der Waals surface area contributed by atoms with Crippen LogP contribution in [0.4, 0.5) is 34.1 Å². The molecule has 0 fully saturated rings. The van der Waals surface area contributed by atoms with Crippen LogP contribution in [-0.2, 0) is 0 Å². The average molecular weight is 843 g/mol. The van der Waals surface area contributed by atoms with Gasteiger partial charge in [-0.25, -0.2) is 0 Å². The van der Waals surface area contributed by atoms with Gasteiger partial charge in [0, 0.05) is 33.8 Å². The molecule has 0 aliphatic rings. The zero-order valence-corrected chi connectivity index (χ0v) is 36.5. The summed E-state index contributed by atoms with van der Waals surface area (Å²) >= 11 is 0. The maximum Gasteiger partial charge on any atom is 0.0540 e. The quantitative estimate of drug-likeness (QED) is 0.128. The minimum atomic E-state index is 1.09. The summed E-state index contributed by atoms with van der Waals surface area (Å²) in [6.45, 7) is 0. The summed E-state index contributed by atoms with van der Waals surface area (Å²) in [5.74, 6) is 0. The van der Waals surface area contributed by atoms with Gasteiger partial charge in [-0.3, -0.25) is 0 Å². The van der Waals surface area contributed by atoms with Crippen LogP contribution in [0.1, 0.15) is 0 Å². The lowest BCUT2D eigenvalue weighted by molar-refractivity contribution is 1.28. The molecule has 0 bridgehead atoms. The Hall–Kier alpha value is -8.72. The van der Waals surface area contributed by atoms with Crippen LogP contribution in [0.15, 0.2) is 279 Å². The first-order chi connectivity index (χ1) is 32.7. The number of rotatable bonds is 11. The van der Waals surface area contributed by atoms with E-state index in [2.05, 4.69) is 289 Å². The molecule has 0 aliphatic heterocycles. The van der Waals surface area contributed by atoms with Gasteiger partial charge in [0.15, 0.2) is 0 Å². The number of hydrogen-bond donors (Lipinski definition) is 0. The normalized spacial score (nSPS) is 11.0. The Morgan fingerprint density at radius 1 is 0.167 bits per heavy atom. The minimum Gasteiger partial charge on any atom is -0.311 e. The van der Waals surface area contributed by atoms with Crippen LogP contribution < -0.4 is 9.80 Å². The molecule has 0 radical (unpaired) electrons. The highest BCUT2D eigenvalue weighted by molar-refractivity contribution is 5.99. The van der Waals surface area contributed by atoms with Crippen LogP contribution in [0, 0.1) is 0 Å². The molecule has 0 aromatic heterocycles. The second kappa shape index (κ2) is 18.2. The molecule has 0 unspecified atom stereocenters. The van der Waals surface area contributed by atoms with Crippen LogP contribution >= 0.6 is 0 Å². The Labute approximate surface area is 387 Å². The zero-order valence-electron chi connectivity index (χ0n) is 36.5. The van der Waals surface area contributed by atoms with E-state index in [9.17, 15) is 0 Å². The van der Waals surface area contributed by atoms with E-state index in [1.807, 2.05) is 0 Å². The van der Waals surface area contributed by atoms with Gasteiger partial charge in [-0.1, -0.05) is 212 Å². The average Bonchev–Trinajstić information content (AvgIpc) is 3.41. The summed E-state index contributed by atoms with van der Waals surface area (Å²) in [5.41, 5.74) is 18.5. The third kappa shape index (κ3) is 8.28. The highest BCUT2D eigenvalue weighted by atomic mass is 15.1. The van der Waals surface area contributed by atoms with E-state index in [0.29, 0.717) is 0 Å². The van der Waals surface area contributed by atoms with E-state index in [-0.39, 0.29) is 0 Å². The van der Waals surface area contributed by atoms with Crippen molar-refractivity contribution in [1.29, 1.82) is 0 Å². The van der Waals surface area contributed by atoms with Gasteiger partial charge in [0.2, 0.25) is 0 Å². The van der Waals surface area contributed by atoms with Gasteiger partial charge in [-0.15, -0.1) is 0 Å². The molecule has 0 saturated carbocycles. The van der Waals surface area contributed by atoms with Crippen LogP contribution in [-0.4, -0.2) is 0 Å². The van der Waals surface area contributed by atoms with E-state index in [1.165, 1.54) is 55.3 Å². The highest BCUT2D eigenvalue weighted by Crippen LogP contribution is 2.42. The van der Waals surface area contributed by atoms with Crippen molar-refractivity contribution in [2.45, 2.75) is 0 Å². The predicted molar refractivity (Wildman–Crippen MR) is 280 cm³/mol. The minimum absolute atomic E-state index is 1.09. The number of fused-ring (bicyclic) bond motifs is 1. The van der Waals surface area contributed by atoms with Crippen LogP contribution in [0.3, 0.4) is 0 Å². The molecule has 0 atom stereocenters. The van der Waals surface area contributed by atoms with Gasteiger partial charge in [0.1, 0.15) is 0 Å². The van der Waals surface area contributed by atoms with Gasteiger partial charge in [-0.05, 0) is 128 Å². The molecule has 0 saturated heterocycles. The molecule has 11 aromatic carbocycles. The molecular weight excluding hydrogens is 797 g/mol. The molecule has 0 spiro atoms. The van der Waals surface area contributed by atoms with E-state index in [4.69, 9.17) is 0 Å². The lowest BCUT2D eigenvalue weighted by atomic mass is 10.00. The fraction of sp³-hybridized carbons (Fsp3) is 0. The topological polar surface area (TPSA) is 6.48 Å². The monoisotopic (exact) mass is 842 g/mol. The van der Waals surface area contributed by atoms with Crippen LogP contribution in [0.2, 0.25) is 0 Å². The smallest absolute Gasteiger partial charge is 0.0540 e. The molecular formula is C64H46N2. The number of nitrogens with zero attached hydrogens (tertiary/aromatic N) is 2. The highest BCUT2D eigenvalue weighted by Gasteiger charge is 2.17. The van der Waals surface area contributed by atoms with Crippen molar-refractivity contribution in [3.63, 3.8) is 0 Å². The molecule has 0 aliphatic carbocycles. The van der Waals surface area contributed by atoms with Crippen molar-refractivity contribution < 1.29 is 0 Å². The molecule has 0 N–H and O–H groups in total. The Morgan fingerprint density at radius 3 is 0.742 bits per heavy atom. The molecule has 0 heterocycles. The van der Waals surface area contributed by atoms with E-state index < -0.39 is 0 Å². The Bertz CT molecular complexity index is 3320. The molecule has 66 heavy (non-hydrogen) atoms. The largest absolute Gasteiger partial charge is 0.311 e. The number of hydrogen-bond acceptors (Lipinski definition) is 2. The molecule has 11 rings (SSSR count). The molecule has 2 nitrogen and oxygen atoms in total. The first-order valence-electron chi connectivity index (χ1n) is 22.6. The first-order valence-corrected chi connectivity index (χ1v) is 22.6. The van der Waals surface area contributed by atoms with Crippen molar-refractivity contribution in [2.24, 2.45) is 0 Å². The standard InChI is InChI=1S/C64H46N2/c1-4-13-47(14-5-1)50-23-25-51(26-24-50)54-29-39-59(40-30-54)65(58-37-27-52(28-38-58)48-15-6-2-7-16-48)60-41-31-55(32-42-60)56-35-45-62(46-36-56)66(64-22-12-20-57-19-10-11-21-63(57)64)61-43-33-53(34-44-61)49-17-8-3-9-18-49/h1-46H. The Kier molecular flexibility index (Phi) is 11.0. The fourth-order valence-corrected chi connectivity index (χ4v) is 9.04. The van der Waals surface area contributed by atoms with Crippen molar-refractivity contribution in [1.82, 2.24) is 0 Å². The summed E-state index contributed by atoms with van der Waals surface area (Å²) in [6.07, 6.45) is 0. The van der Waals surface area contributed by atoms with Gasteiger partial charge in [0.25, 0.3) is 0 Å². The van der Waals surface area contributed by atoms with Crippen LogP contribution in [0.25, 0.3) is 66.4 Å². The Balaban J connectivity index is 0.907. The van der Waals surface area contributed by atoms with E-state index >= 15 is 0 Å². The summed E-state index contributed by atoms with van der Waals surface area (Å²) in [4.78, 5) is 4.71. The second-order valence-corrected chi connectivity index (χ2v) is 16.6. The molecule has 312 valence electrons. The first kappa shape index (κ1) is 40.1. The predicted octanol–water partition coefficient (Wildman–Crippen LogP) is 18.1. The molecule has 0 amide bonds. The summed E-state index contributed by atoms with van der Waals surface area (Å²) in [7, 11) is 0. The van der Waals surface area contributed by atoms with E-state index in [1.54, 1.807) is 0 Å². The van der Waals surface area contributed by atoms with Crippen LogP contribution in [0.5, 0.6) is 0 Å². The summed E-state index contributed by atoms with van der Waals surface area (Å²) in [6, 6.07) is 100. The fourth-order valence-electron chi connectivity index (χ4n) is 9.04. The summed E-state index contributed by atoms with van der Waals surface area (Å²) < 4.78 is 0. The molecule has 2 heteroatoms. The maximum absolute atomic E-state index is 2.37. The van der Waals surface area contributed by atoms with Gasteiger partial charge in [-0.2, -0.15) is 0 Å². The second-order valence-electron chi connectivity index (χ2n) is 16.6. The number of benzene rings is 11. The van der Waals surface area contributed by atoms with Crippen molar-refractivity contribution >= 4 is 44.9 Å². The zero-order chi connectivity index (χ0) is 44.1. The van der Waals surface area contributed by atoms with Gasteiger partial charge < -0.3 is 9.80 Å². The van der Waals surface area contributed by atoms with Crippen molar-refractivity contribution in [3.8, 4) is 55.6 Å². The van der Waals surface area contributed by atoms with Gasteiger partial charge >= 0.3 is 0 Å². The van der Waals surface area contributed by atoms with Crippen molar-refractivity contribution in [2.75, 3.05) is 9.80 Å².